The number of carbonyl (C=O) groups excluding carboxylic acids is 1. The van der Waals surface area contributed by atoms with Gasteiger partial charge >= 0.3 is 5.97 Å². The molecule has 1 aliphatic heterocycles. The Labute approximate surface area is 112 Å². The maximum Gasteiger partial charge on any atom is 0.326 e. The zero-order valence-electron chi connectivity index (χ0n) is 11.2. The van der Waals surface area contributed by atoms with Crippen molar-refractivity contribution >= 4 is 11.9 Å². The molecule has 0 aromatic carbocycles. The van der Waals surface area contributed by atoms with Crippen LogP contribution in [0.25, 0.3) is 0 Å². The Bertz CT molecular complexity index is 467. The quantitative estimate of drug-likeness (QED) is 0.908. The van der Waals surface area contributed by atoms with E-state index in [2.05, 4.69) is 0 Å². The van der Waals surface area contributed by atoms with Crippen LogP contribution in [0.2, 0.25) is 0 Å². The first-order valence-corrected chi connectivity index (χ1v) is 6.84. The SMILES string of the molecule is CCn1cccc1C(=O)N1CCCCCC1C(=O)O. The monoisotopic (exact) mass is 264 g/mol. The van der Waals surface area contributed by atoms with Gasteiger partial charge in [0.25, 0.3) is 5.91 Å². The molecule has 1 fully saturated rings. The lowest BCUT2D eigenvalue weighted by atomic mass is 10.1. The first kappa shape index (κ1) is 13.6. The van der Waals surface area contributed by atoms with Crippen LogP contribution >= 0.6 is 0 Å². The Morgan fingerprint density at radius 2 is 2.16 bits per heavy atom. The number of carboxylic acid groups (broad SMARTS) is 1. The Kier molecular flexibility index (Phi) is 4.24. The summed E-state index contributed by atoms with van der Waals surface area (Å²) >= 11 is 0. The lowest BCUT2D eigenvalue weighted by Crippen LogP contribution is -2.45. The fourth-order valence-electron chi connectivity index (χ4n) is 2.64. The molecule has 1 atom stereocenters. The molecule has 0 spiro atoms. The number of likely N-dealkylation sites (tertiary alicyclic amines) is 1. The van der Waals surface area contributed by atoms with Crippen LogP contribution in [0.5, 0.6) is 0 Å². The van der Waals surface area contributed by atoms with E-state index >= 15 is 0 Å². The van der Waals surface area contributed by atoms with Crippen LogP contribution in [0.4, 0.5) is 0 Å². The van der Waals surface area contributed by atoms with Gasteiger partial charge in [-0.2, -0.15) is 0 Å². The number of aliphatic carboxylic acids is 1. The van der Waals surface area contributed by atoms with E-state index in [0.29, 0.717) is 25.2 Å². The maximum absolute atomic E-state index is 12.5. The highest BCUT2D eigenvalue weighted by molar-refractivity contribution is 5.95. The first-order valence-electron chi connectivity index (χ1n) is 6.84. The van der Waals surface area contributed by atoms with Crippen molar-refractivity contribution in [1.82, 2.24) is 9.47 Å². The van der Waals surface area contributed by atoms with Gasteiger partial charge in [-0.15, -0.1) is 0 Å². The van der Waals surface area contributed by atoms with E-state index in [1.165, 1.54) is 4.90 Å². The molecule has 2 heterocycles. The Hall–Kier alpha value is -1.78. The van der Waals surface area contributed by atoms with Gasteiger partial charge in [0.2, 0.25) is 0 Å². The molecular weight excluding hydrogens is 244 g/mol. The molecular formula is C14H20N2O3. The highest BCUT2D eigenvalue weighted by atomic mass is 16.4. The van der Waals surface area contributed by atoms with E-state index in [0.717, 1.165) is 19.3 Å². The topological polar surface area (TPSA) is 62.5 Å². The number of rotatable bonds is 3. The molecule has 5 heteroatoms. The summed E-state index contributed by atoms with van der Waals surface area (Å²) in [6, 6.07) is 2.90. The van der Waals surface area contributed by atoms with E-state index in [1.54, 1.807) is 6.07 Å². The smallest absolute Gasteiger partial charge is 0.326 e. The largest absolute Gasteiger partial charge is 0.480 e. The molecule has 19 heavy (non-hydrogen) atoms. The third kappa shape index (κ3) is 2.80. The fourth-order valence-corrected chi connectivity index (χ4v) is 2.64. The van der Waals surface area contributed by atoms with Gasteiger partial charge in [0, 0.05) is 19.3 Å². The van der Waals surface area contributed by atoms with Crippen LogP contribution < -0.4 is 0 Å². The summed E-state index contributed by atoms with van der Waals surface area (Å²) in [4.78, 5) is 25.4. The summed E-state index contributed by atoms with van der Waals surface area (Å²) in [6.45, 7) is 3.21. The normalized spacial score (nSPS) is 20.1. The maximum atomic E-state index is 12.5. The predicted molar refractivity (Wildman–Crippen MR) is 71.0 cm³/mol. The number of carboxylic acids is 1. The van der Waals surface area contributed by atoms with E-state index in [1.807, 2.05) is 23.8 Å². The van der Waals surface area contributed by atoms with Crippen molar-refractivity contribution in [3.8, 4) is 0 Å². The Morgan fingerprint density at radius 1 is 1.37 bits per heavy atom. The summed E-state index contributed by atoms with van der Waals surface area (Å²) < 4.78 is 1.85. The van der Waals surface area contributed by atoms with Crippen molar-refractivity contribution in [3.63, 3.8) is 0 Å². The van der Waals surface area contributed by atoms with Gasteiger partial charge in [-0.3, -0.25) is 4.79 Å². The van der Waals surface area contributed by atoms with Crippen molar-refractivity contribution in [2.75, 3.05) is 6.54 Å². The van der Waals surface area contributed by atoms with Crippen LogP contribution in [0.15, 0.2) is 18.3 Å². The second-order valence-electron chi connectivity index (χ2n) is 4.88. The molecule has 2 rings (SSSR count). The van der Waals surface area contributed by atoms with Crippen molar-refractivity contribution in [2.24, 2.45) is 0 Å². The lowest BCUT2D eigenvalue weighted by Gasteiger charge is -2.27. The van der Waals surface area contributed by atoms with Gasteiger partial charge in [0.15, 0.2) is 0 Å². The van der Waals surface area contributed by atoms with Crippen molar-refractivity contribution in [3.05, 3.63) is 24.0 Å². The molecule has 1 aromatic heterocycles. The van der Waals surface area contributed by atoms with Crippen molar-refractivity contribution in [1.29, 1.82) is 0 Å². The van der Waals surface area contributed by atoms with Crippen LogP contribution in [0, 0.1) is 0 Å². The van der Waals surface area contributed by atoms with Crippen molar-refractivity contribution in [2.45, 2.75) is 45.2 Å². The second kappa shape index (κ2) is 5.91. The van der Waals surface area contributed by atoms with E-state index < -0.39 is 12.0 Å². The van der Waals surface area contributed by atoms with Gasteiger partial charge in [-0.05, 0) is 31.9 Å². The minimum atomic E-state index is -0.898. The molecule has 1 aromatic rings. The summed E-state index contributed by atoms with van der Waals surface area (Å²) in [5, 5.41) is 9.31. The van der Waals surface area contributed by atoms with Gasteiger partial charge in [0.05, 0.1) is 0 Å². The first-order chi connectivity index (χ1) is 9.15. The van der Waals surface area contributed by atoms with Crippen LogP contribution in [-0.2, 0) is 11.3 Å². The molecule has 5 nitrogen and oxygen atoms in total. The van der Waals surface area contributed by atoms with Gasteiger partial charge in [0.1, 0.15) is 11.7 Å². The molecule has 1 N–H and O–H groups in total. The average Bonchev–Trinajstić information content (AvgIpc) is 2.73. The van der Waals surface area contributed by atoms with E-state index in [-0.39, 0.29) is 5.91 Å². The number of hydrogen-bond donors (Lipinski definition) is 1. The molecule has 0 saturated carbocycles. The van der Waals surface area contributed by atoms with E-state index in [9.17, 15) is 14.7 Å². The minimum Gasteiger partial charge on any atom is -0.480 e. The van der Waals surface area contributed by atoms with Gasteiger partial charge < -0.3 is 14.6 Å². The molecule has 1 aliphatic rings. The number of aromatic nitrogens is 1. The third-order valence-corrected chi connectivity index (χ3v) is 3.69. The number of carbonyl (C=O) groups is 2. The molecule has 0 bridgehead atoms. The summed E-state index contributed by atoms with van der Waals surface area (Å²) in [5.74, 6) is -1.06. The summed E-state index contributed by atoms with van der Waals surface area (Å²) in [5.41, 5.74) is 0.579. The number of aryl methyl sites for hydroxylation is 1. The van der Waals surface area contributed by atoms with E-state index in [4.69, 9.17) is 0 Å². The average molecular weight is 264 g/mol. The molecule has 1 saturated heterocycles. The highest BCUT2D eigenvalue weighted by Gasteiger charge is 2.32. The second-order valence-corrected chi connectivity index (χ2v) is 4.88. The fraction of sp³-hybridized carbons (Fsp3) is 0.571. The van der Waals surface area contributed by atoms with Crippen LogP contribution in [-0.4, -0.2) is 39.0 Å². The number of hydrogen-bond acceptors (Lipinski definition) is 2. The van der Waals surface area contributed by atoms with Crippen molar-refractivity contribution < 1.29 is 14.7 Å². The third-order valence-electron chi connectivity index (χ3n) is 3.69. The van der Waals surface area contributed by atoms with Crippen LogP contribution in [0.3, 0.4) is 0 Å². The van der Waals surface area contributed by atoms with Gasteiger partial charge in [-0.25, -0.2) is 4.79 Å². The van der Waals surface area contributed by atoms with Crippen LogP contribution in [0.1, 0.15) is 43.1 Å². The van der Waals surface area contributed by atoms with Gasteiger partial charge in [-0.1, -0.05) is 12.8 Å². The summed E-state index contributed by atoms with van der Waals surface area (Å²) in [7, 11) is 0. The minimum absolute atomic E-state index is 0.166. The summed E-state index contributed by atoms with van der Waals surface area (Å²) in [6.07, 6.45) is 5.13. The number of nitrogens with zero attached hydrogens (tertiary/aromatic N) is 2. The molecule has 0 radical (unpaired) electrons. The molecule has 1 unspecified atom stereocenters. The predicted octanol–water partition coefficient (Wildman–Crippen LogP) is 1.98. The Morgan fingerprint density at radius 3 is 2.84 bits per heavy atom. The highest BCUT2D eigenvalue weighted by Crippen LogP contribution is 2.20. The standard InChI is InChI=1S/C14H20N2O3/c1-2-15-9-6-8-11(15)13(17)16-10-5-3-4-7-12(16)14(18)19/h6,8-9,12H,2-5,7,10H2,1H3,(H,18,19). The zero-order chi connectivity index (χ0) is 13.8. The molecule has 104 valence electrons. The zero-order valence-corrected chi connectivity index (χ0v) is 11.2. The lowest BCUT2D eigenvalue weighted by molar-refractivity contribution is -0.142. The Balaban J connectivity index is 2.26. The molecule has 0 aliphatic carbocycles. The molecule has 1 amide bonds. The number of amides is 1.